The van der Waals surface area contributed by atoms with Crippen LogP contribution in [0.2, 0.25) is 0 Å². The van der Waals surface area contributed by atoms with Gasteiger partial charge < -0.3 is 5.11 Å². The molecule has 0 spiro atoms. The molecule has 1 aromatic rings. The number of benzene rings is 1. The largest absolute Gasteiger partial charge is 0.387 e. The van der Waals surface area contributed by atoms with E-state index in [0.717, 1.165) is 6.26 Å². The standard InChI is InChI=1S/C11H15ClFNO5S2/c1-20(16,17)9-4-2-8(3-5-9)11(15)10(6-13)14-21(18,19)7-12/h2-5,10-11,14-15H,6-7H2,1H3/t10-,11+/m1/s1. The third-order valence-corrected chi connectivity index (χ3v) is 5.61. The number of halogens is 2. The number of sulfonamides is 1. The molecule has 0 radical (unpaired) electrons. The summed E-state index contributed by atoms with van der Waals surface area (Å²) in [4.78, 5) is 0.0385. The van der Waals surface area contributed by atoms with E-state index in [1.807, 2.05) is 4.72 Å². The number of hydrogen-bond acceptors (Lipinski definition) is 5. The second kappa shape index (κ2) is 7.01. The third-order valence-electron chi connectivity index (χ3n) is 2.67. The first-order chi connectivity index (χ1) is 9.60. The maximum absolute atomic E-state index is 12.9. The van der Waals surface area contributed by atoms with Gasteiger partial charge in [-0.1, -0.05) is 12.1 Å². The first kappa shape index (κ1) is 18.3. The Labute approximate surface area is 127 Å². The fraction of sp³-hybridized carbons (Fsp3) is 0.455. The van der Waals surface area contributed by atoms with E-state index in [1.54, 1.807) is 0 Å². The molecule has 0 aliphatic rings. The highest BCUT2D eigenvalue weighted by Gasteiger charge is 2.25. The fourth-order valence-electron chi connectivity index (χ4n) is 1.59. The summed E-state index contributed by atoms with van der Waals surface area (Å²) in [5.41, 5.74) is 0.183. The molecule has 0 saturated carbocycles. The van der Waals surface area contributed by atoms with E-state index in [1.165, 1.54) is 24.3 Å². The molecule has 0 saturated heterocycles. The van der Waals surface area contributed by atoms with Crippen LogP contribution in [0.15, 0.2) is 29.2 Å². The summed E-state index contributed by atoms with van der Waals surface area (Å²) < 4.78 is 60.0. The average molecular weight is 360 g/mol. The normalized spacial score (nSPS) is 15.6. The summed E-state index contributed by atoms with van der Waals surface area (Å²) >= 11 is 5.19. The molecule has 1 rings (SSSR count). The Hall–Kier alpha value is -0.740. The van der Waals surface area contributed by atoms with Crippen molar-refractivity contribution in [2.75, 3.05) is 18.1 Å². The molecule has 2 atom stereocenters. The van der Waals surface area contributed by atoms with Crippen molar-refractivity contribution >= 4 is 31.5 Å². The van der Waals surface area contributed by atoms with Gasteiger partial charge in [0.2, 0.25) is 10.0 Å². The van der Waals surface area contributed by atoms with Crippen LogP contribution >= 0.6 is 11.6 Å². The topological polar surface area (TPSA) is 101 Å². The molecule has 6 nitrogen and oxygen atoms in total. The number of sulfone groups is 1. The third kappa shape index (κ3) is 5.19. The van der Waals surface area contributed by atoms with E-state index >= 15 is 0 Å². The van der Waals surface area contributed by atoms with Crippen LogP contribution in [0, 0.1) is 0 Å². The highest BCUT2D eigenvalue weighted by molar-refractivity contribution is 7.91. The highest BCUT2D eigenvalue weighted by atomic mass is 35.5. The van der Waals surface area contributed by atoms with Crippen molar-refractivity contribution in [3.63, 3.8) is 0 Å². The molecule has 0 aliphatic carbocycles. The quantitative estimate of drug-likeness (QED) is 0.693. The van der Waals surface area contributed by atoms with Gasteiger partial charge in [-0.25, -0.2) is 25.9 Å². The number of aliphatic hydroxyl groups is 1. The predicted molar refractivity (Wildman–Crippen MR) is 77.1 cm³/mol. The first-order valence-corrected chi connectivity index (χ1v) is 9.78. The van der Waals surface area contributed by atoms with Crippen molar-refractivity contribution in [3.05, 3.63) is 29.8 Å². The van der Waals surface area contributed by atoms with Crippen molar-refractivity contribution in [2.45, 2.75) is 17.0 Å². The maximum atomic E-state index is 12.9. The van der Waals surface area contributed by atoms with Gasteiger partial charge in [0.1, 0.15) is 11.9 Å². The summed E-state index contributed by atoms with van der Waals surface area (Å²) in [6, 6.07) is 3.67. The van der Waals surface area contributed by atoms with Gasteiger partial charge >= 0.3 is 0 Å². The molecule has 10 heteroatoms. The van der Waals surface area contributed by atoms with Crippen molar-refractivity contribution in [1.82, 2.24) is 4.72 Å². The van der Waals surface area contributed by atoms with E-state index in [9.17, 15) is 26.3 Å². The molecule has 0 bridgehead atoms. The van der Waals surface area contributed by atoms with Gasteiger partial charge in [-0.2, -0.15) is 0 Å². The zero-order valence-corrected chi connectivity index (χ0v) is 13.4. The van der Waals surface area contributed by atoms with E-state index < -0.39 is 43.9 Å². The molecule has 0 heterocycles. The summed E-state index contributed by atoms with van der Waals surface area (Å²) in [5.74, 6) is 0. The Morgan fingerprint density at radius 2 is 1.76 bits per heavy atom. The minimum Gasteiger partial charge on any atom is -0.387 e. The Morgan fingerprint density at radius 3 is 2.14 bits per heavy atom. The molecule has 120 valence electrons. The molecule has 0 aromatic heterocycles. The minimum absolute atomic E-state index is 0.0385. The summed E-state index contributed by atoms with van der Waals surface area (Å²) in [7, 11) is -7.28. The average Bonchev–Trinajstić information content (AvgIpc) is 2.43. The van der Waals surface area contributed by atoms with Crippen molar-refractivity contribution in [1.29, 1.82) is 0 Å². The number of aliphatic hydroxyl groups excluding tert-OH is 1. The Balaban J connectivity index is 2.98. The summed E-state index contributed by atoms with van der Waals surface area (Å²) in [5, 5.41) is 9.21. The van der Waals surface area contributed by atoms with Gasteiger partial charge in [0.15, 0.2) is 9.84 Å². The summed E-state index contributed by atoms with van der Waals surface area (Å²) in [6.07, 6.45) is -0.446. The molecule has 2 N–H and O–H groups in total. The molecular weight excluding hydrogens is 345 g/mol. The smallest absolute Gasteiger partial charge is 0.226 e. The zero-order valence-electron chi connectivity index (χ0n) is 11.0. The van der Waals surface area contributed by atoms with E-state index in [-0.39, 0.29) is 10.5 Å². The molecule has 1 aromatic carbocycles. The molecule has 0 amide bonds. The second-order valence-corrected chi connectivity index (χ2v) is 8.74. The number of nitrogens with one attached hydrogen (secondary N) is 1. The van der Waals surface area contributed by atoms with Crippen LogP contribution in [0.5, 0.6) is 0 Å². The first-order valence-electron chi connectivity index (χ1n) is 5.70. The van der Waals surface area contributed by atoms with Crippen molar-refractivity contribution in [2.24, 2.45) is 0 Å². The van der Waals surface area contributed by atoms with Crippen LogP contribution < -0.4 is 4.72 Å². The lowest BCUT2D eigenvalue weighted by atomic mass is 10.0. The van der Waals surface area contributed by atoms with Crippen LogP contribution in [0.3, 0.4) is 0 Å². The fourth-order valence-corrected chi connectivity index (χ4v) is 3.12. The molecule has 21 heavy (non-hydrogen) atoms. The molecule has 0 fully saturated rings. The molecule has 0 aliphatic heterocycles. The maximum Gasteiger partial charge on any atom is 0.226 e. The summed E-state index contributed by atoms with van der Waals surface area (Å²) in [6.45, 7) is -1.15. The van der Waals surface area contributed by atoms with Crippen molar-refractivity contribution in [3.8, 4) is 0 Å². The molecule has 0 unspecified atom stereocenters. The van der Waals surface area contributed by atoms with Crippen LogP contribution in [-0.4, -0.2) is 46.1 Å². The van der Waals surface area contributed by atoms with Crippen LogP contribution in [0.4, 0.5) is 4.39 Å². The van der Waals surface area contributed by atoms with E-state index in [2.05, 4.69) is 0 Å². The Bertz CT molecular complexity index is 675. The van der Waals surface area contributed by atoms with Gasteiger partial charge in [0.05, 0.1) is 17.0 Å². The van der Waals surface area contributed by atoms with Gasteiger partial charge in [-0.3, -0.25) is 0 Å². The van der Waals surface area contributed by atoms with Gasteiger partial charge in [0, 0.05) is 6.26 Å². The molecular formula is C11H15ClFNO5S2. The Morgan fingerprint density at radius 1 is 1.24 bits per heavy atom. The predicted octanol–water partition coefficient (Wildman–Crippen LogP) is 0.577. The van der Waals surface area contributed by atoms with Crippen LogP contribution in [-0.2, 0) is 19.9 Å². The minimum atomic E-state index is -3.90. The SMILES string of the molecule is CS(=O)(=O)c1ccc([C@H](O)[C@@H](CF)NS(=O)(=O)CCl)cc1. The van der Waals surface area contributed by atoms with E-state index in [0.29, 0.717) is 0 Å². The lowest BCUT2D eigenvalue weighted by Crippen LogP contribution is -2.41. The number of rotatable bonds is 7. The lowest BCUT2D eigenvalue weighted by molar-refractivity contribution is 0.124. The second-order valence-electron chi connectivity index (χ2n) is 4.39. The lowest BCUT2D eigenvalue weighted by Gasteiger charge is -2.21. The van der Waals surface area contributed by atoms with Crippen LogP contribution in [0.25, 0.3) is 0 Å². The van der Waals surface area contributed by atoms with Gasteiger partial charge in [-0.05, 0) is 17.7 Å². The van der Waals surface area contributed by atoms with Crippen LogP contribution in [0.1, 0.15) is 11.7 Å². The monoisotopic (exact) mass is 359 g/mol. The number of alkyl halides is 2. The Kier molecular flexibility index (Phi) is 6.11. The van der Waals surface area contributed by atoms with E-state index in [4.69, 9.17) is 11.6 Å². The van der Waals surface area contributed by atoms with Crippen molar-refractivity contribution < 1.29 is 26.3 Å². The zero-order chi connectivity index (χ0) is 16.3. The van der Waals surface area contributed by atoms with Gasteiger partial charge in [0.25, 0.3) is 0 Å². The van der Waals surface area contributed by atoms with Gasteiger partial charge in [-0.15, -0.1) is 11.6 Å². The number of hydrogen-bond donors (Lipinski definition) is 2. The highest BCUT2D eigenvalue weighted by Crippen LogP contribution is 2.20.